The molecule has 3 rings (SSSR count). The Kier molecular flexibility index (Phi) is 11.2. The van der Waals surface area contributed by atoms with Crippen LogP contribution in [-0.2, 0) is 37.6 Å². The summed E-state index contributed by atoms with van der Waals surface area (Å²) in [5.41, 5.74) is -2.22. The minimum Gasteiger partial charge on any atom is -0.488 e. The van der Waals surface area contributed by atoms with E-state index in [9.17, 15) is 14.4 Å². The number of rotatable bonds is 13. The lowest BCUT2D eigenvalue weighted by Gasteiger charge is -2.60. The molecule has 2 aromatic rings. The maximum Gasteiger partial charge on any atom is 0.235 e. The zero-order valence-corrected chi connectivity index (χ0v) is 27.8. The number of benzene rings is 2. The van der Waals surface area contributed by atoms with E-state index in [2.05, 4.69) is 10.2 Å². The highest BCUT2D eigenvalue weighted by atomic mass is 19.1. The number of amides is 2. The summed E-state index contributed by atoms with van der Waals surface area (Å²) in [7, 11) is 44.8. The van der Waals surface area contributed by atoms with Gasteiger partial charge in [0.15, 0.2) is 0 Å². The third-order valence-corrected chi connectivity index (χ3v) is 8.30. The van der Waals surface area contributed by atoms with E-state index in [0.29, 0.717) is 30.1 Å². The Morgan fingerprint density at radius 3 is 2.17 bits per heavy atom. The summed E-state index contributed by atoms with van der Waals surface area (Å²) in [6, 6.07) is 9.47. The van der Waals surface area contributed by atoms with E-state index in [1.807, 2.05) is 27.7 Å². The highest BCUT2D eigenvalue weighted by Gasteiger charge is 2.58. The molecule has 16 heteroatoms. The lowest BCUT2D eigenvalue weighted by molar-refractivity contribution is -0.182. The lowest BCUT2D eigenvalue weighted by atomic mass is 9.22. The van der Waals surface area contributed by atoms with Crippen molar-refractivity contribution in [1.82, 2.24) is 15.1 Å². The zero-order chi connectivity index (χ0) is 35.8. The van der Waals surface area contributed by atoms with Crippen molar-refractivity contribution < 1.29 is 28.2 Å². The fourth-order valence-corrected chi connectivity index (χ4v) is 6.28. The summed E-state index contributed by atoms with van der Waals surface area (Å²) in [5.74, 6) is -1.69. The van der Waals surface area contributed by atoms with Crippen LogP contribution in [-0.4, -0.2) is 120 Å². The van der Waals surface area contributed by atoms with Gasteiger partial charge in [-0.3, -0.25) is 14.5 Å². The van der Waals surface area contributed by atoms with Crippen molar-refractivity contribution in [2.45, 2.75) is 80.2 Å². The van der Waals surface area contributed by atoms with Gasteiger partial charge in [0.1, 0.15) is 32.3 Å². The summed E-state index contributed by atoms with van der Waals surface area (Å²) >= 11 is 0. The summed E-state index contributed by atoms with van der Waals surface area (Å²) in [5, 5.41) is -5.77. The van der Waals surface area contributed by atoms with Crippen LogP contribution in [0.1, 0.15) is 49.9 Å². The first-order valence-corrected chi connectivity index (χ1v) is 14.9. The Morgan fingerprint density at radius 2 is 1.64 bits per heavy atom. The molecule has 2 amide bonds. The number of halogens is 1. The normalized spacial score (nSPS) is 18.0. The molecule has 0 aromatic heterocycles. The smallest absolute Gasteiger partial charge is 0.235 e. The summed E-state index contributed by atoms with van der Waals surface area (Å²) in [4.78, 5) is 40.4. The number of aryl methyl sites for hydroxylation is 1. The van der Waals surface area contributed by atoms with Gasteiger partial charge in [0.05, 0.1) is 63.7 Å². The van der Waals surface area contributed by atoms with Gasteiger partial charge in [-0.1, -0.05) is 28.6 Å². The lowest BCUT2D eigenvalue weighted by Crippen LogP contribution is -2.73. The molecule has 1 aliphatic heterocycles. The Morgan fingerprint density at radius 1 is 1.04 bits per heavy atom. The number of ether oxygens (including phenoxy) is 2. The van der Waals surface area contributed by atoms with E-state index in [1.54, 1.807) is 31.2 Å². The number of nitrogens with zero attached hydrogens (tertiary/aromatic N) is 2. The fraction of sp³-hybridized carbons (Fsp3) is 0.516. The average molecular weight is 624 g/mol. The molecule has 1 fully saturated rings. The van der Waals surface area contributed by atoms with Crippen molar-refractivity contribution in [2.75, 3.05) is 20.1 Å². The molecule has 0 aliphatic carbocycles. The Labute approximate surface area is 286 Å². The third kappa shape index (κ3) is 7.59. The minimum absolute atomic E-state index is 0.0179. The zero-order valence-electron chi connectivity index (χ0n) is 27.8. The maximum atomic E-state index is 15.1. The van der Waals surface area contributed by atoms with Gasteiger partial charge in [0.25, 0.3) is 0 Å². The first-order valence-electron chi connectivity index (χ1n) is 14.9. The molecule has 8 nitrogen and oxygen atoms in total. The van der Waals surface area contributed by atoms with Gasteiger partial charge >= 0.3 is 0 Å². The van der Waals surface area contributed by atoms with Crippen LogP contribution < -0.4 is 10.1 Å². The number of hydrogen-bond donors (Lipinski definition) is 1. The van der Waals surface area contributed by atoms with Crippen LogP contribution in [0.5, 0.6) is 5.75 Å². The Bertz CT molecular complexity index is 1490. The van der Waals surface area contributed by atoms with E-state index in [0.717, 1.165) is 5.56 Å². The highest BCUT2D eigenvalue weighted by molar-refractivity contribution is 6.63. The SMILES string of the molecule is [B]C([B])(c1c(C)cccc1OCc1cc(CN2CC(C)(C)OC(C)(C)C2)ccc1F)N(C=O)C([B])(C(=O)NC)C([B])([B])C([B])([B])C=O. The Hall–Kier alpha value is -2.85. The van der Waals surface area contributed by atoms with Crippen LogP contribution >= 0.6 is 0 Å². The molecule has 232 valence electrons. The van der Waals surface area contributed by atoms with E-state index in [4.69, 9.17) is 64.4 Å². The van der Waals surface area contributed by atoms with E-state index >= 15 is 4.39 Å². The summed E-state index contributed by atoms with van der Waals surface area (Å²) < 4.78 is 27.3. The Balaban J connectivity index is 2.01. The molecule has 1 N–H and O–H groups in total. The molecule has 0 bridgehead atoms. The number of nitrogens with one attached hydrogen (secondary N) is 1. The maximum absolute atomic E-state index is 15.1. The van der Waals surface area contributed by atoms with Gasteiger partial charge in [-0.15, -0.1) is 0 Å². The first kappa shape index (κ1) is 38.6. The first-order chi connectivity index (χ1) is 21.5. The van der Waals surface area contributed by atoms with Gasteiger partial charge in [-0.2, -0.15) is 0 Å². The predicted octanol–water partition coefficient (Wildman–Crippen LogP) is 0.724. The van der Waals surface area contributed by atoms with Gasteiger partial charge < -0.3 is 24.5 Å². The molecule has 2 aromatic carbocycles. The van der Waals surface area contributed by atoms with Gasteiger partial charge in [0, 0.05) is 37.8 Å². The van der Waals surface area contributed by atoms with Crippen LogP contribution in [0.2, 0.25) is 10.4 Å². The number of hydrogen-bond acceptors (Lipinski definition) is 6. The molecule has 47 heavy (non-hydrogen) atoms. The largest absolute Gasteiger partial charge is 0.488 e. The standard InChI is InChI=1S/C31H35B7FN3O5/c1-19-8-7-9-23(24(19)30(35,36)42(18-44)29(34,25(45)40-6)31(37,38)28(32,33)17-43)46-14-21-12-20(10-11-22(21)39)13-41-15-26(2,3)47-27(4,5)16-41/h7-12,17-18H,13-16H2,1-6H3,(H,40,45). The molecule has 1 saturated heterocycles. The molecular formula is C31H35B7FN3O5. The number of carbonyl (C=O) groups is 3. The third-order valence-electron chi connectivity index (χ3n) is 8.30. The monoisotopic (exact) mass is 625 g/mol. The van der Waals surface area contributed by atoms with Crippen LogP contribution in [0.4, 0.5) is 4.39 Å². The molecule has 14 radical (unpaired) electrons. The molecule has 1 unspecified atom stereocenters. The number of likely N-dealkylation sites (N-methyl/N-ethyl adjacent to an activating group) is 1. The van der Waals surface area contributed by atoms with E-state index in [1.165, 1.54) is 19.2 Å². The van der Waals surface area contributed by atoms with Gasteiger partial charge in [0.2, 0.25) is 12.3 Å². The van der Waals surface area contributed by atoms with Gasteiger partial charge in [-0.25, -0.2) is 4.39 Å². The van der Waals surface area contributed by atoms with Crippen molar-refractivity contribution in [1.29, 1.82) is 0 Å². The molecular weight excluding hydrogens is 589 g/mol. The second-order valence-electron chi connectivity index (χ2n) is 13.5. The number of aldehydes is 1. The van der Waals surface area contributed by atoms with Crippen molar-refractivity contribution in [2.24, 2.45) is 0 Å². The van der Waals surface area contributed by atoms with Gasteiger partial charge in [-0.05, 0) is 69.3 Å². The molecule has 1 atom stereocenters. The fourth-order valence-electron chi connectivity index (χ4n) is 6.28. The van der Waals surface area contributed by atoms with Crippen molar-refractivity contribution in [3.8, 4) is 5.75 Å². The molecule has 0 spiro atoms. The van der Waals surface area contributed by atoms with Crippen LogP contribution in [0.3, 0.4) is 0 Å². The average Bonchev–Trinajstić information content (AvgIpc) is 2.94. The molecule has 0 saturated carbocycles. The van der Waals surface area contributed by atoms with Crippen molar-refractivity contribution in [3.63, 3.8) is 0 Å². The van der Waals surface area contributed by atoms with Crippen LogP contribution in [0.25, 0.3) is 0 Å². The van der Waals surface area contributed by atoms with Crippen molar-refractivity contribution >= 4 is 73.5 Å². The minimum atomic E-state index is -2.92. The second kappa shape index (κ2) is 13.6. The van der Waals surface area contributed by atoms with Crippen molar-refractivity contribution in [3.05, 3.63) is 64.5 Å². The quantitative estimate of drug-likeness (QED) is 0.262. The van der Waals surface area contributed by atoms with Crippen LogP contribution in [0.15, 0.2) is 36.4 Å². The topological polar surface area (TPSA) is 88.2 Å². The molecule has 1 heterocycles. The van der Waals surface area contributed by atoms with E-state index in [-0.39, 0.29) is 47.4 Å². The molecule has 1 aliphatic rings. The van der Waals surface area contributed by atoms with E-state index < -0.39 is 32.9 Å². The summed E-state index contributed by atoms with van der Waals surface area (Å²) in [6.07, 6.45) is -0.000810. The number of carbonyl (C=O) groups excluding carboxylic acids is 3. The second-order valence-corrected chi connectivity index (χ2v) is 13.5. The predicted molar refractivity (Wildman–Crippen MR) is 185 cm³/mol. The van der Waals surface area contributed by atoms with Crippen LogP contribution in [0, 0.1) is 12.7 Å². The number of morpholine rings is 1. The summed E-state index contributed by atoms with van der Waals surface area (Å²) in [6.45, 7) is 11.4. The highest BCUT2D eigenvalue weighted by Crippen LogP contribution is 2.52.